The maximum Gasteiger partial charge on any atom is 0.322 e. The Hall–Kier alpha value is -1.91. The fourth-order valence-electron chi connectivity index (χ4n) is 1.67. The number of anilines is 1. The van der Waals surface area contributed by atoms with Crippen molar-refractivity contribution < 1.29 is 14.3 Å². The Bertz CT molecular complexity index is 384. The number of methoxy groups -OCH3 is 2. The van der Waals surface area contributed by atoms with Crippen LogP contribution in [0.4, 0.5) is 10.5 Å². The van der Waals surface area contributed by atoms with Crippen molar-refractivity contribution in [1.82, 2.24) is 5.32 Å². The van der Waals surface area contributed by atoms with Crippen molar-refractivity contribution in [1.29, 1.82) is 0 Å². The minimum absolute atomic E-state index is 0.0877. The second kappa shape index (κ2) is 4.30. The zero-order chi connectivity index (χ0) is 11.5. The zero-order valence-corrected chi connectivity index (χ0v) is 9.32. The molecule has 0 aliphatic carbocycles. The molecule has 0 atom stereocenters. The third-order valence-electron chi connectivity index (χ3n) is 2.50. The molecule has 0 aromatic heterocycles. The Morgan fingerprint density at radius 2 is 1.81 bits per heavy atom. The van der Waals surface area contributed by atoms with Gasteiger partial charge in [-0.1, -0.05) is 0 Å². The van der Waals surface area contributed by atoms with Crippen molar-refractivity contribution in [2.75, 3.05) is 32.2 Å². The fraction of sp³-hybridized carbons (Fsp3) is 0.364. The largest absolute Gasteiger partial charge is 0.497 e. The normalized spacial score (nSPS) is 14.9. The number of ether oxygens (including phenoxy) is 2. The first-order valence-corrected chi connectivity index (χ1v) is 5.03. The SMILES string of the molecule is COc1cc(OC)cc(N2CCNC2=O)c1. The fourth-order valence-corrected chi connectivity index (χ4v) is 1.67. The molecular formula is C11H14N2O3. The number of hydrogen-bond donors (Lipinski definition) is 1. The van der Waals surface area contributed by atoms with Crippen LogP contribution in [0.1, 0.15) is 0 Å². The van der Waals surface area contributed by atoms with E-state index >= 15 is 0 Å². The van der Waals surface area contributed by atoms with Crippen molar-refractivity contribution in [2.24, 2.45) is 0 Å². The van der Waals surface area contributed by atoms with E-state index in [0.29, 0.717) is 24.6 Å². The lowest BCUT2D eigenvalue weighted by molar-refractivity contribution is 0.252. The summed E-state index contributed by atoms with van der Waals surface area (Å²) < 4.78 is 10.3. The summed E-state index contributed by atoms with van der Waals surface area (Å²) in [7, 11) is 3.17. The van der Waals surface area contributed by atoms with E-state index in [1.807, 2.05) is 12.1 Å². The van der Waals surface area contributed by atoms with Crippen molar-refractivity contribution in [3.05, 3.63) is 18.2 Å². The Morgan fingerprint density at radius 3 is 2.25 bits per heavy atom. The van der Waals surface area contributed by atoms with Crippen LogP contribution in [0.15, 0.2) is 18.2 Å². The summed E-state index contributed by atoms with van der Waals surface area (Å²) in [5.41, 5.74) is 0.784. The molecule has 1 aromatic carbocycles. The summed E-state index contributed by atoms with van der Waals surface area (Å²) >= 11 is 0. The van der Waals surface area contributed by atoms with Gasteiger partial charge < -0.3 is 14.8 Å². The third-order valence-corrected chi connectivity index (χ3v) is 2.50. The molecule has 5 heteroatoms. The second-order valence-electron chi connectivity index (χ2n) is 3.45. The van der Waals surface area contributed by atoms with Gasteiger partial charge >= 0.3 is 6.03 Å². The number of carbonyl (C=O) groups is 1. The number of benzene rings is 1. The molecule has 86 valence electrons. The van der Waals surface area contributed by atoms with Gasteiger partial charge in [0.05, 0.1) is 19.9 Å². The summed E-state index contributed by atoms with van der Waals surface area (Å²) in [5, 5.41) is 2.75. The van der Waals surface area contributed by atoms with E-state index in [2.05, 4.69) is 5.32 Å². The molecule has 1 aliphatic heterocycles. The number of urea groups is 1. The van der Waals surface area contributed by atoms with E-state index < -0.39 is 0 Å². The highest BCUT2D eigenvalue weighted by Gasteiger charge is 2.22. The van der Waals surface area contributed by atoms with E-state index in [1.165, 1.54) is 0 Å². The zero-order valence-electron chi connectivity index (χ0n) is 9.32. The quantitative estimate of drug-likeness (QED) is 0.837. The van der Waals surface area contributed by atoms with E-state index in [9.17, 15) is 4.79 Å². The molecule has 0 bridgehead atoms. The Kier molecular flexibility index (Phi) is 2.85. The van der Waals surface area contributed by atoms with Gasteiger partial charge in [0.15, 0.2) is 0 Å². The number of nitrogens with one attached hydrogen (secondary N) is 1. The van der Waals surface area contributed by atoms with E-state index in [1.54, 1.807) is 25.2 Å². The van der Waals surface area contributed by atoms with Gasteiger partial charge in [0.2, 0.25) is 0 Å². The molecular weight excluding hydrogens is 208 g/mol. The Balaban J connectivity index is 2.35. The summed E-state index contributed by atoms with van der Waals surface area (Å²) in [4.78, 5) is 13.2. The lowest BCUT2D eigenvalue weighted by Gasteiger charge is -2.16. The molecule has 0 unspecified atom stereocenters. The van der Waals surface area contributed by atoms with Gasteiger partial charge in [-0.2, -0.15) is 0 Å². The second-order valence-corrected chi connectivity index (χ2v) is 3.45. The smallest absolute Gasteiger partial charge is 0.322 e. The Labute approximate surface area is 93.9 Å². The first-order valence-electron chi connectivity index (χ1n) is 5.03. The molecule has 5 nitrogen and oxygen atoms in total. The molecule has 2 rings (SSSR count). The maximum atomic E-state index is 11.5. The van der Waals surface area contributed by atoms with Crippen molar-refractivity contribution in [2.45, 2.75) is 0 Å². The molecule has 1 saturated heterocycles. The summed E-state index contributed by atoms with van der Waals surface area (Å²) in [5.74, 6) is 1.35. The lowest BCUT2D eigenvalue weighted by Crippen LogP contribution is -2.27. The summed E-state index contributed by atoms with van der Waals surface area (Å²) in [6.07, 6.45) is 0. The van der Waals surface area contributed by atoms with Crippen LogP contribution in [0.3, 0.4) is 0 Å². The third kappa shape index (κ3) is 1.88. The highest BCUT2D eigenvalue weighted by Crippen LogP contribution is 2.28. The van der Waals surface area contributed by atoms with Crippen molar-refractivity contribution in [3.8, 4) is 11.5 Å². The van der Waals surface area contributed by atoms with E-state index in [4.69, 9.17) is 9.47 Å². The number of hydrogen-bond acceptors (Lipinski definition) is 3. The van der Waals surface area contributed by atoms with Crippen LogP contribution in [-0.4, -0.2) is 33.3 Å². The van der Waals surface area contributed by atoms with Crippen LogP contribution < -0.4 is 19.7 Å². The van der Waals surface area contributed by atoms with Crippen molar-refractivity contribution in [3.63, 3.8) is 0 Å². The number of carbonyl (C=O) groups excluding carboxylic acids is 1. The lowest BCUT2D eigenvalue weighted by atomic mass is 10.2. The molecule has 1 heterocycles. The van der Waals surface area contributed by atoms with Crippen LogP contribution in [0.2, 0.25) is 0 Å². The maximum absolute atomic E-state index is 11.5. The summed E-state index contributed by atoms with van der Waals surface area (Å²) in [6.45, 7) is 1.33. The van der Waals surface area contributed by atoms with Gasteiger partial charge in [0.1, 0.15) is 11.5 Å². The van der Waals surface area contributed by atoms with Gasteiger partial charge in [0, 0.05) is 31.3 Å². The molecule has 16 heavy (non-hydrogen) atoms. The average molecular weight is 222 g/mol. The number of rotatable bonds is 3. The van der Waals surface area contributed by atoms with Gasteiger partial charge in [-0.3, -0.25) is 4.90 Å². The summed E-state index contributed by atoms with van der Waals surface area (Å²) in [6, 6.07) is 5.31. The van der Waals surface area contributed by atoms with Gasteiger partial charge in [-0.25, -0.2) is 4.79 Å². The van der Waals surface area contributed by atoms with Gasteiger partial charge in [-0.05, 0) is 0 Å². The number of amides is 2. The van der Waals surface area contributed by atoms with E-state index in [-0.39, 0.29) is 6.03 Å². The molecule has 0 spiro atoms. The van der Waals surface area contributed by atoms with E-state index in [0.717, 1.165) is 5.69 Å². The first kappa shape index (κ1) is 10.6. The predicted octanol–water partition coefficient (Wildman–Crippen LogP) is 1.23. The van der Waals surface area contributed by atoms with Gasteiger partial charge in [0.25, 0.3) is 0 Å². The molecule has 1 N–H and O–H groups in total. The van der Waals surface area contributed by atoms with Crippen LogP contribution in [0.25, 0.3) is 0 Å². The monoisotopic (exact) mass is 222 g/mol. The molecule has 0 radical (unpaired) electrons. The minimum atomic E-state index is -0.0877. The standard InChI is InChI=1S/C11H14N2O3/c1-15-9-5-8(6-10(7-9)16-2)13-4-3-12-11(13)14/h5-7H,3-4H2,1-2H3,(H,12,14). The minimum Gasteiger partial charge on any atom is -0.497 e. The molecule has 1 fully saturated rings. The highest BCUT2D eigenvalue weighted by molar-refractivity contribution is 5.94. The molecule has 2 amide bonds. The first-order chi connectivity index (χ1) is 7.74. The molecule has 1 aliphatic rings. The van der Waals surface area contributed by atoms with Crippen LogP contribution >= 0.6 is 0 Å². The van der Waals surface area contributed by atoms with Crippen LogP contribution in [-0.2, 0) is 0 Å². The Morgan fingerprint density at radius 1 is 1.19 bits per heavy atom. The van der Waals surface area contributed by atoms with Crippen LogP contribution in [0, 0.1) is 0 Å². The van der Waals surface area contributed by atoms with Crippen molar-refractivity contribution >= 4 is 11.7 Å². The van der Waals surface area contributed by atoms with Gasteiger partial charge in [-0.15, -0.1) is 0 Å². The highest BCUT2D eigenvalue weighted by atomic mass is 16.5. The molecule has 0 saturated carbocycles. The topological polar surface area (TPSA) is 50.8 Å². The average Bonchev–Trinajstić information content (AvgIpc) is 2.74. The molecule has 1 aromatic rings. The van der Waals surface area contributed by atoms with Crippen LogP contribution in [0.5, 0.6) is 11.5 Å². The predicted molar refractivity (Wildman–Crippen MR) is 60.3 cm³/mol. The number of nitrogens with zero attached hydrogens (tertiary/aromatic N) is 1.